The molecule has 2 amide bonds. The average molecular weight is 1000 g/mol. The number of phosphoric ester groups is 3. The summed E-state index contributed by atoms with van der Waals surface area (Å²) in [5, 5.41) is 26.4. The van der Waals surface area contributed by atoms with Gasteiger partial charge in [-0.15, -0.1) is 0 Å². The van der Waals surface area contributed by atoms with Crippen molar-refractivity contribution in [1.29, 1.82) is 0 Å². The summed E-state index contributed by atoms with van der Waals surface area (Å²) in [5.41, 5.74) is 4.09. The van der Waals surface area contributed by atoms with E-state index in [1.807, 2.05) is 0 Å². The number of fused-ring (bicyclic) bond motifs is 1. The summed E-state index contributed by atoms with van der Waals surface area (Å²) in [6, 6.07) is 0. The number of amides is 2. The van der Waals surface area contributed by atoms with Gasteiger partial charge < -0.3 is 69.0 Å². The maximum absolute atomic E-state index is 12.6. The van der Waals surface area contributed by atoms with E-state index in [0.717, 1.165) is 54.7 Å². The van der Waals surface area contributed by atoms with Crippen LogP contribution in [-0.2, 0) is 50.7 Å². The lowest BCUT2D eigenvalue weighted by Crippen LogP contribution is -2.46. The molecule has 2 aromatic heterocycles. The van der Waals surface area contributed by atoms with Gasteiger partial charge in [-0.2, -0.15) is 0 Å². The summed E-state index contributed by atoms with van der Waals surface area (Å²) in [4.78, 5) is 96.7. The first kappa shape index (κ1) is 56.6. The van der Waals surface area contributed by atoms with Gasteiger partial charge in [0, 0.05) is 37.1 Å². The van der Waals surface area contributed by atoms with Gasteiger partial charge >= 0.3 is 0 Å². The molecule has 3 rings (SSSR count). The number of aliphatic hydroxyl groups is 2. The zero-order valence-corrected chi connectivity index (χ0v) is 40.1. The standard InChI is InChI=1S/C37H64N7O17P3S/c1-4-5-6-7-8-9-10-11-12-13-14-15-16-17-28(46)65-21-20-39-27(45)18-19-40-35(49)32(48)37(2,3)23-58-64(55,56)61-63(53,54)57-22-26-31(60-62(50,51)52)30(47)36(59-26)44-25-43-29-33(38)41-24-42-34(29)44/h12-13,24-26,30-32,36,47-48H,4-11,14-23H2,1-3H3,(H,39,45)(H,40,49)(H,53,54)(H,55,56)(H2,38,41,42)(H2,50,51,52)/p-4/b13-12-/t26-,30-,31-,32+,36-/m1/s1. The number of allylic oxidation sites excluding steroid dienone is 2. The average Bonchev–Trinajstić information content (AvgIpc) is 3.79. The first-order valence-electron chi connectivity index (χ1n) is 21.2. The van der Waals surface area contributed by atoms with Crippen LogP contribution in [0.3, 0.4) is 0 Å². The van der Waals surface area contributed by atoms with Crippen LogP contribution < -0.4 is 35.9 Å². The number of carbonyl (C=O) groups is 3. The van der Waals surface area contributed by atoms with Gasteiger partial charge in [0.1, 0.15) is 36.3 Å². The summed E-state index contributed by atoms with van der Waals surface area (Å²) in [7, 11) is -17.6. The molecular weight excluding hydrogens is 939 g/mol. The van der Waals surface area contributed by atoms with Crippen LogP contribution >= 0.6 is 35.2 Å². The van der Waals surface area contributed by atoms with E-state index in [1.165, 1.54) is 58.8 Å². The minimum absolute atomic E-state index is 0.0192. The van der Waals surface area contributed by atoms with Crippen LogP contribution in [0.1, 0.15) is 110 Å². The number of nitrogens with one attached hydrogen (secondary N) is 2. The van der Waals surface area contributed by atoms with Gasteiger partial charge in [-0.3, -0.25) is 28.1 Å². The first-order valence-corrected chi connectivity index (χ1v) is 26.5. The fourth-order valence-electron chi connectivity index (χ4n) is 6.33. The molecular formula is C37H60N7O17P3S-4. The van der Waals surface area contributed by atoms with E-state index in [-0.39, 0.29) is 41.6 Å². The van der Waals surface area contributed by atoms with Crippen molar-refractivity contribution in [1.82, 2.24) is 30.2 Å². The zero-order chi connectivity index (χ0) is 48.3. The monoisotopic (exact) mass is 999 g/mol. The molecule has 1 saturated heterocycles. The molecule has 0 aromatic carbocycles. The van der Waals surface area contributed by atoms with E-state index >= 15 is 0 Å². The maximum Gasteiger partial charge on any atom is 0.274 e. The Bertz CT molecular complexity index is 2010. The minimum Gasteiger partial charge on any atom is -0.790 e. The van der Waals surface area contributed by atoms with Gasteiger partial charge in [-0.1, -0.05) is 83.2 Å². The van der Waals surface area contributed by atoms with Crippen LogP contribution in [0.5, 0.6) is 0 Å². The Balaban J connectivity index is 1.33. The van der Waals surface area contributed by atoms with Crippen molar-refractivity contribution in [2.75, 3.05) is 37.8 Å². The van der Waals surface area contributed by atoms with Gasteiger partial charge in [0.05, 0.1) is 27.4 Å². The van der Waals surface area contributed by atoms with E-state index in [2.05, 4.69) is 62.5 Å². The highest BCUT2D eigenvalue weighted by atomic mass is 32.2. The summed E-state index contributed by atoms with van der Waals surface area (Å²) < 4.78 is 60.8. The van der Waals surface area contributed by atoms with E-state index in [4.69, 9.17) is 10.5 Å². The molecule has 7 atom stereocenters. The Kier molecular flexibility index (Phi) is 23.8. The highest BCUT2D eigenvalue weighted by Crippen LogP contribution is 2.56. The van der Waals surface area contributed by atoms with Crippen molar-refractivity contribution in [3.8, 4) is 0 Å². The fourth-order valence-corrected chi connectivity index (χ4v) is 9.79. The van der Waals surface area contributed by atoms with E-state index in [9.17, 15) is 57.9 Å². The number of phosphoric acid groups is 3. The number of ether oxygens (including phenoxy) is 1. The number of imidazole rings is 1. The van der Waals surface area contributed by atoms with Gasteiger partial charge in [0.15, 0.2) is 22.8 Å². The molecule has 0 aliphatic carbocycles. The fraction of sp³-hybridized carbons (Fsp3) is 0.730. The molecule has 0 saturated carbocycles. The quantitative estimate of drug-likeness (QED) is 0.0393. The molecule has 1 aliphatic heterocycles. The lowest BCUT2D eigenvalue weighted by molar-refractivity contribution is -0.347. The topological polar surface area (TPSA) is 375 Å². The number of carbonyl (C=O) groups excluding carboxylic acids is 3. The molecule has 24 nitrogen and oxygen atoms in total. The van der Waals surface area contributed by atoms with E-state index < -0.39 is 84.6 Å². The number of hydrogen-bond donors (Lipinski definition) is 5. The number of thioether (sulfide) groups is 1. The molecule has 6 N–H and O–H groups in total. The second-order valence-corrected chi connectivity index (χ2v) is 21.0. The third kappa shape index (κ3) is 20.6. The normalized spacial score (nSPS) is 20.4. The van der Waals surface area contributed by atoms with Gasteiger partial charge in [0.2, 0.25) is 11.8 Å². The molecule has 370 valence electrons. The molecule has 2 unspecified atom stereocenters. The Morgan fingerprint density at radius 3 is 2.26 bits per heavy atom. The van der Waals surface area contributed by atoms with Gasteiger partial charge in [0.25, 0.3) is 15.6 Å². The highest BCUT2D eigenvalue weighted by molar-refractivity contribution is 8.13. The van der Waals surface area contributed by atoms with Crippen LogP contribution in [-0.4, -0.2) is 103 Å². The summed E-state index contributed by atoms with van der Waals surface area (Å²) in [5.74, 6) is -1.15. The van der Waals surface area contributed by atoms with Crippen molar-refractivity contribution in [2.24, 2.45) is 5.41 Å². The zero-order valence-electron chi connectivity index (χ0n) is 36.6. The smallest absolute Gasteiger partial charge is 0.274 e. The molecule has 65 heavy (non-hydrogen) atoms. The summed E-state index contributed by atoms with van der Waals surface area (Å²) in [6.07, 6.45) is 9.96. The number of unbranched alkanes of at least 4 members (excludes halogenated alkanes) is 9. The summed E-state index contributed by atoms with van der Waals surface area (Å²) >= 11 is 1.12. The third-order valence-corrected chi connectivity index (χ3v) is 13.8. The van der Waals surface area contributed by atoms with Gasteiger partial charge in [-0.25, -0.2) is 19.3 Å². The van der Waals surface area contributed by atoms with Crippen molar-refractivity contribution in [2.45, 2.75) is 135 Å². The molecule has 1 aliphatic rings. The number of aromatic nitrogens is 4. The van der Waals surface area contributed by atoms with Crippen molar-refractivity contribution < 1.29 is 80.5 Å². The highest BCUT2D eigenvalue weighted by Gasteiger charge is 2.47. The largest absolute Gasteiger partial charge is 0.790 e. The first-order chi connectivity index (χ1) is 30.6. The Labute approximate surface area is 381 Å². The van der Waals surface area contributed by atoms with Crippen LogP contribution in [0.15, 0.2) is 24.8 Å². The molecule has 2 aromatic rings. The number of rotatable bonds is 32. The minimum atomic E-state index is -5.92. The number of hydrogen-bond acceptors (Lipinski definition) is 22. The van der Waals surface area contributed by atoms with Crippen LogP contribution in [0, 0.1) is 5.41 Å². The molecule has 3 heterocycles. The van der Waals surface area contributed by atoms with Gasteiger partial charge in [-0.05, 0) is 32.1 Å². The molecule has 0 radical (unpaired) electrons. The number of nitrogens with two attached hydrogens (primary N) is 1. The number of nitrogen functional groups attached to an aromatic ring is 1. The Hall–Kier alpha value is -2.70. The van der Waals surface area contributed by atoms with Crippen LogP contribution in [0.2, 0.25) is 0 Å². The second-order valence-electron chi connectivity index (χ2n) is 15.8. The lowest BCUT2D eigenvalue weighted by atomic mass is 9.87. The predicted octanol–water partition coefficient (Wildman–Crippen LogP) is 1.39. The molecule has 1 fully saturated rings. The number of anilines is 1. The molecule has 0 spiro atoms. The summed E-state index contributed by atoms with van der Waals surface area (Å²) in [6.45, 7) is 2.37. The lowest BCUT2D eigenvalue weighted by Gasteiger charge is -2.36. The number of nitrogens with zero attached hydrogens (tertiary/aromatic N) is 4. The Morgan fingerprint density at radius 1 is 0.938 bits per heavy atom. The van der Waals surface area contributed by atoms with Crippen molar-refractivity contribution in [3.05, 3.63) is 24.8 Å². The maximum atomic E-state index is 12.6. The SMILES string of the molecule is CCCCCCCCC/C=C\CCCCC(=O)SCCNC(=O)CCNC(=O)[C@H](O)C(C)(C)COP(=O)([O-])OP(=O)([O-])OC[C@H]1O[C@@H](n2cnc3c(N)ncnc32)[C@H](O)[C@@H]1OP(=O)([O-])[O-]. The van der Waals surface area contributed by atoms with Crippen LogP contribution in [0.25, 0.3) is 11.2 Å². The van der Waals surface area contributed by atoms with E-state index in [0.29, 0.717) is 12.2 Å². The molecule has 0 bridgehead atoms. The second kappa shape index (κ2) is 27.3. The number of aliphatic hydroxyl groups excluding tert-OH is 2. The molecule has 28 heteroatoms. The van der Waals surface area contributed by atoms with Crippen molar-refractivity contribution in [3.63, 3.8) is 0 Å². The van der Waals surface area contributed by atoms with E-state index in [1.54, 1.807) is 0 Å². The predicted molar refractivity (Wildman–Crippen MR) is 228 cm³/mol. The van der Waals surface area contributed by atoms with Crippen LogP contribution in [0.4, 0.5) is 5.82 Å². The van der Waals surface area contributed by atoms with Crippen molar-refractivity contribution >= 4 is 69.1 Å². The Morgan fingerprint density at radius 2 is 1.58 bits per heavy atom. The third-order valence-electron chi connectivity index (χ3n) is 9.88.